The Kier molecular flexibility index (Phi) is 5.58. The molecule has 18 heavy (non-hydrogen) atoms. The number of carbonyl (C=O) groups is 1. The van der Waals surface area contributed by atoms with E-state index in [1.165, 1.54) is 0 Å². The van der Waals surface area contributed by atoms with Crippen LogP contribution in [0.2, 0.25) is 0 Å². The van der Waals surface area contributed by atoms with E-state index in [9.17, 15) is 4.79 Å². The van der Waals surface area contributed by atoms with Gasteiger partial charge in [0.15, 0.2) is 0 Å². The van der Waals surface area contributed by atoms with Crippen LogP contribution in [0.5, 0.6) is 0 Å². The summed E-state index contributed by atoms with van der Waals surface area (Å²) in [5, 5.41) is 2.66. The van der Waals surface area contributed by atoms with Gasteiger partial charge in [-0.15, -0.1) is 0 Å². The number of benzene rings is 1. The van der Waals surface area contributed by atoms with E-state index in [4.69, 9.17) is 22.7 Å². The largest absolute Gasteiger partial charge is 0.445 e. The minimum absolute atomic E-state index is 0.131. The topological polar surface area (TPSA) is 64.3 Å². The molecule has 0 aliphatic rings. The van der Waals surface area contributed by atoms with Crippen LogP contribution in [0.15, 0.2) is 30.3 Å². The molecule has 0 radical (unpaired) electrons. The maximum Gasteiger partial charge on any atom is 0.408 e. The first-order chi connectivity index (χ1) is 8.50. The van der Waals surface area contributed by atoms with Gasteiger partial charge in [-0.3, -0.25) is 0 Å². The first-order valence-corrected chi connectivity index (χ1v) is 6.18. The van der Waals surface area contributed by atoms with Gasteiger partial charge in [-0.2, -0.15) is 0 Å². The monoisotopic (exact) mass is 266 g/mol. The third-order valence-corrected chi connectivity index (χ3v) is 2.71. The number of ether oxygens (including phenoxy) is 1. The van der Waals surface area contributed by atoms with Gasteiger partial charge in [0.2, 0.25) is 0 Å². The van der Waals surface area contributed by atoms with Crippen LogP contribution < -0.4 is 11.1 Å². The highest BCUT2D eigenvalue weighted by Gasteiger charge is 2.19. The molecular weight excluding hydrogens is 248 g/mol. The number of alkyl carbamates (subject to hydrolysis) is 1. The lowest BCUT2D eigenvalue weighted by atomic mass is 10.1. The Morgan fingerprint density at radius 3 is 2.50 bits per heavy atom. The lowest BCUT2D eigenvalue weighted by molar-refractivity contribution is 0.136. The predicted octanol–water partition coefficient (Wildman–Crippen LogP) is 2.22. The third-order valence-electron chi connectivity index (χ3n) is 2.46. The van der Waals surface area contributed by atoms with E-state index in [0.717, 1.165) is 5.56 Å². The van der Waals surface area contributed by atoms with Gasteiger partial charge in [-0.1, -0.05) is 56.4 Å². The Bertz CT molecular complexity index is 407. The summed E-state index contributed by atoms with van der Waals surface area (Å²) < 4.78 is 5.09. The van der Waals surface area contributed by atoms with E-state index in [-0.39, 0.29) is 23.6 Å². The molecule has 0 aliphatic heterocycles. The number of carbonyl (C=O) groups excluding carboxylic acids is 1. The Morgan fingerprint density at radius 2 is 2.00 bits per heavy atom. The van der Waals surface area contributed by atoms with Gasteiger partial charge in [-0.05, 0) is 11.5 Å². The summed E-state index contributed by atoms with van der Waals surface area (Å²) in [7, 11) is 0. The third kappa shape index (κ3) is 4.71. The maximum absolute atomic E-state index is 11.6. The molecule has 0 spiro atoms. The molecular formula is C13H18N2O2S. The Hall–Kier alpha value is -1.62. The minimum Gasteiger partial charge on any atom is -0.445 e. The Balaban J connectivity index is 2.44. The van der Waals surface area contributed by atoms with Gasteiger partial charge >= 0.3 is 6.09 Å². The molecule has 4 nitrogen and oxygen atoms in total. The molecule has 0 fully saturated rings. The van der Waals surface area contributed by atoms with E-state index >= 15 is 0 Å². The summed E-state index contributed by atoms with van der Waals surface area (Å²) in [6.07, 6.45) is -0.509. The molecule has 0 aromatic heterocycles. The van der Waals surface area contributed by atoms with Gasteiger partial charge < -0.3 is 15.8 Å². The molecule has 1 aromatic rings. The first-order valence-electron chi connectivity index (χ1n) is 5.77. The Morgan fingerprint density at radius 1 is 1.39 bits per heavy atom. The number of thiocarbonyl (C=S) groups is 1. The fourth-order valence-corrected chi connectivity index (χ4v) is 1.79. The normalized spacial score (nSPS) is 11.9. The van der Waals surface area contributed by atoms with Crippen LogP contribution in [0.3, 0.4) is 0 Å². The number of rotatable bonds is 5. The fraction of sp³-hybridized carbons (Fsp3) is 0.385. The predicted molar refractivity (Wildman–Crippen MR) is 75.2 cm³/mol. The molecule has 0 saturated carbocycles. The highest BCUT2D eigenvalue weighted by Crippen LogP contribution is 2.04. The lowest BCUT2D eigenvalue weighted by Crippen LogP contribution is -2.46. The summed E-state index contributed by atoms with van der Waals surface area (Å²) in [5.41, 5.74) is 6.49. The van der Waals surface area contributed by atoms with Gasteiger partial charge in [0.25, 0.3) is 0 Å². The molecule has 1 amide bonds. The average molecular weight is 266 g/mol. The summed E-state index contributed by atoms with van der Waals surface area (Å²) in [5.74, 6) is 0.131. The molecule has 0 bridgehead atoms. The zero-order valence-corrected chi connectivity index (χ0v) is 11.4. The summed E-state index contributed by atoms with van der Waals surface area (Å²) in [6, 6.07) is 9.13. The standard InChI is InChI=1S/C13H18N2O2S/c1-9(2)11(12(14)18)15-13(16)17-8-10-6-4-3-5-7-10/h3-7,9,11H,8H2,1-2H3,(H2,14,18)(H,15,16)/t11-/m0/s1. The van der Waals surface area contributed by atoms with E-state index in [1.54, 1.807) is 0 Å². The molecule has 5 heteroatoms. The first kappa shape index (κ1) is 14.4. The van der Waals surface area contributed by atoms with Crippen LogP contribution in [0.25, 0.3) is 0 Å². The number of hydrogen-bond acceptors (Lipinski definition) is 3. The average Bonchev–Trinajstić information content (AvgIpc) is 2.34. The van der Waals surface area contributed by atoms with Crippen molar-refractivity contribution in [3.8, 4) is 0 Å². The van der Waals surface area contributed by atoms with E-state index in [2.05, 4.69) is 5.32 Å². The van der Waals surface area contributed by atoms with Crippen molar-refractivity contribution in [2.75, 3.05) is 0 Å². The van der Waals surface area contributed by atoms with Crippen LogP contribution in [0.1, 0.15) is 19.4 Å². The van der Waals surface area contributed by atoms with Crippen molar-refractivity contribution < 1.29 is 9.53 Å². The van der Waals surface area contributed by atoms with Crippen molar-refractivity contribution in [1.82, 2.24) is 5.32 Å². The fourth-order valence-electron chi connectivity index (χ4n) is 1.46. The quantitative estimate of drug-likeness (QED) is 0.802. The molecule has 3 N–H and O–H groups in total. The number of hydrogen-bond donors (Lipinski definition) is 2. The van der Waals surface area contributed by atoms with Crippen LogP contribution in [0.4, 0.5) is 4.79 Å². The van der Waals surface area contributed by atoms with Gasteiger partial charge in [0.05, 0.1) is 11.0 Å². The molecule has 98 valence electrons. The summed E-state index contributed by atoms with van der Waals surface area (Å²) >= 11 is 4.90. The number of amides is 1. The molecule has 0 heterocycles. The van der Waals surface area contributed by atoms with E-state index in [0.29, 0.717) is 0 Å². The second kappa shape index (κ2) is 6.96. The summed E-state index contributed by atoms with van der Waals surface area (Å²) in [4.78, 5) is 11.9. The second-order valence-electron chi connectivity index (χ2n) is 4.33. The van der Waals surface area contributed by atoms with Crippen molar-refractivity contribution in [2.45, 2.75) is 26.5 Å². The van der Waals surface area contributed by atoms with Crippen molar-refractivity contribution in [3.63, 3.8) is 0 Å². The van der Waals surface area contributed by atoms with Crippen LogP contribution >= 0.6 is 12.2 Å². The molecule has 1 atom stereocenters. The maximum atomic E-state index is 11.6. The molecule has 1 rings (SSSR count). The molecule has 0 unspecified atom stereocenters. The van der Waals surface area contributed by atoms with Crippen molar-refractivity contribution in [1.29, 1.82) is 0 Å². The Labute approximate surface area is 113 Å². The van der Waals surface area contributed by atoms with Crippen molar-refractivity contribution in [2.24, 2.45) is 11.7 Å². The van der Waals surface area contributed by atoms with Gasteiger partial charge in [0, 0.05) is 0 Å². The van der Waals surface area contributed by atoms with Gasteiger partial charge in [0.1, 0.15) is 6.61 Å². The van der Waals surface area contributed by atoms with Crippen LogP contribution in [0, 0.1) is 5.92 Å². The molecule has 1 aromatic carbocycles. The smallest absolute Gasteiger partial charge is 0.408 e. The highest BCUT2D eigenvalue weighted by atomic mass is 32.1. The lowest BCUT2D eigenvalue weighted by Gasteiger charge is -2.20. The van der Waals surface area contributed by atoms with Gasteiger partial charge in [-0.25, -0.2) is 4.79 Å². The number of nitrogens with one attached hydrogen (secondary N) is 1. The molecule has 0 aliphatic carbocycles. The molecule has 0 saturated heterocycles. The van der Waals surface area contributed by atoms with E-state index in [1.807, 2.05) is 44.2 Å². The van der Waals surface area contributed by atoms with Crippen LogP contribution in [-0.2, 0) is 11.3 Å². The van der Waals surface area contributed by atoms with Crippen molar-refractivity contribution in [3.05, 3.63) is 35.9 Å². The SMILES string of the molecule is CC(C)[C@H](NC(=O)OCc1ccccc1)C(N)=S. The van der Waals surface area contributed by atoms with E-state index < -0.39 is 6.09 Å². The summed E-state index contributed by atoms with van der Waals surface area (Å²) in [6.45, 7) is 4.09. The minimum atomic E-state index is -0.509. The zero-order chi connectivity index (χ0) is 13.5. The second-order valence-corrected chi connectivity index (χ2v) is 4.80. The zero-order valence-electron chi connectivity index (χ0n) is 10.6. The highest BCUT2D eigenvalue weighted by molar-refractivity contribution is 7.80. The van der Waals surface area contributed by atoms with Crippen LogP contribution in [-0.4, -0.2) is 17.1 Å². The number of nitrogens with two attached hydrogens (primary N) is 1. The van der Waals surface area contributed by atoms with Crippen molar-refractivity contribution >= 4 is 23.3 Å².